The Bertz CT molecular complexity index is 479. The van der Waals surface area contributed by atoms with E-state index in [-0.39, 0.29) is 5.49 Å². The van der Waals surface area contributed by atoms with Crippen LogP contribution in [0.3, 0.4) is 0 Å². The predicted octanol–water partition coefficient (Wildman–Crippen LogP) is 0.822. The zero-order chi connectivity index (χ0) is 10.8. The van der Waals surface area contributed by atoms with E-state index in [1.807, 2.05) is 0 Å². The second-order valence-corrected chi connectivity index (χ2v) is 3.94. The summed E-state index contributed by atoms with van der Waals surface area (Å²) >= 11 is 0. The fourth-order valence-electron chi connectivity index (χ4n) is 2.16. The van der Waals surface area contributed by atoms with Crippen LogP contribution in [0.1, 0.15) is 36.0 Å². The number of nitrogen functional groups attached to an aromatic ring is 1. The Balaban J connectivity index is 2.68. The third-order valence-electron chi connectivity index (χ3n) is 2.96. The fourth-order valence-corrected chi connectivity index (χ4v) is 2.16. The molecule has 3 N–H and O–H groups in total. The van der Waals surface area contributed by atoms with Gasteiger partial charge in [0.15, 0.2) is 5.49 Å². The Hall–Kier alpha value is -1.76. The van der Waals surface area contributed by atoms with Crippen LogP contribution in [-0.2, 0) is 12.8 Å². The normalized spacial score (nSPS) is 15.1. The molecule has 0 aromatic carbocycles. The van der Waals surface area contributed by atoms with Crippen molar-refractivity contribution in [3.8, 4) is 6.07 Å². The van der Waals surface area contributed by atoms with Crippen molar-refractivity contribution >= 4 is 0 Å². The second kappa shape index (κ2) is 3.77. The van der Waals surface area contributed by atoms with Crippen LogP contribution in [-0.4, -0.2) is 4.68 Å². The third kappa shape index (κ3) is 1.61. The number of nitriles is 1. The fraction of sp³-hybridized carbons (Fsp3) is 0.455. The van der Waals surface area contributed by atoms with Gasteiger partial charge in [-0.1, -0.05) is 6.42 Å². The summed E-state index contributed by atoms with van der Waals surface area (Å²) in [6.07, 6.45) is 7.12. The number of nitrogens with one attached hydrogen (secondary N) is 1. The van der Waals surface area contributed by atoms with Gasteiger partial charge in [0, 0.05) is 6.20 Å². The Morgan fingerprint density at radius 1 is 1.33 bits per heavy atom. The average molecular weight is 202 g/mol. The largest absolute Gasteiger partial charge is 0.338 e. The van der Waals surface area contributed by atoms with Crippen molar-refractivity contribution in [1.29, 1.82) is 10.7 Å². The quantitative estimate of drug-likeness (QED) is 0.482. The van der Waals surface area contributed by atoms with E-state index in [1.165, 1.54) is 11.1 Å². The summed E-state index contributed by atoms with van der Waals surface area (Å²) < 4.78 is 1.25. The number of nitrogens with two attached hydrogens (primary N) is 1. The van der Waals surface area contributed by atoms with Crippen molar-refractivity contribution < 1.29 is 0 Å². The number of pyridine rings is 1. The summed E-state index contributed by atoms with van der Waals surface area (Å²) in [6, 6.07) is 2.10. The van der Waals surface area contributed by atoms with Crippen molar-refractivity contribution in [3.05, 3.63) is 28.4 Å². The Kier molecular flexibility index (Phi) is 2.46. The van der Waals surface area contributed by atoms with Gasteiger partial charge in [-0.2, -0.15) is 5.26 Å². The predicted molar refractivity (Wildman–Crippen MR) is 56.4 cm³/mol. The van der Waals surface area contributed by atoms with Crippen LogP contribution in [0.25, 0.3) is 0 Å². The van der Waals surface area contributed by atoms with Gasteiger partial charge in [0.2, 0.25) is 0 Å². The van der Waals surface area contributed by atoms with Crippen molar-refractivity contribution in [3.63, 3.8) is 0 Å². The second-order valence-electron chi connectivity index (χ2n) is 3.94. The van der Waals surface area contributed by atoms with E-state index < -0.39 is 0 Å². The lowest BCUT2D eigenvalue weighted by Crippen LogP contribution is -2.30. The number of aryl methyl sites for hydroxylation is 1. The molecular formula is C11H14N4. The number of hydrogen-bond donors (Lipinski definition) is 2. The van der Waals surface area contributed by atoms with Gasteiger partial charge < -0.3 is 5.84 Å². The molecule has 0 spiro atoms. The minimum Gasteiger partial charge on any atom is -0.338 e. The molecule has 1 aromatic rings. The molecule has 0 radical (unpaired) electrons. The molecule has 0 bridgehead atoms. The molecule has 0 amide bonds. The molecule has 1 aliphatic rings. The number of hydrogen-bond acceptors (Lipinski definition) is 3. The average Bonchev–Trinajstić information content (AvgIpc) is 2.45. The summed E-state index contributed by atoms with van der Waals surface area (Å²) in [5.41, 5.74) is 2.76. The molecule has 0 saturated heterocycles. The molecule has 0 aliphatic heterocycles. The first kappa shape index (κ1) is 9.78. The summed E-state index contributed by atoms with van der Waals surface area (Å²) in [6.45, 7) is 0. The maximum atomic E-state index is 9.05. The van der Waals surface area contributed by atoms with E-state index in [9.17, 15) is 0 Å². The summed E-state index contributed by atoms with van der Waals surface area (Å²) in [7, 11) is 0. The molecule has 2 rings (SSSR count). The number of fused-ring (bicyclic) bond motifs is 1. The number of nitrogens with zero attached hydrogens (tertiary/aromatic N) is 2. The molecule has 4 heteroatoms. The zero-order valence-corrected chi connectivity index (χ0v) is 8.58. The van der Waals surface area contributed by atoms with Crippen molar-refractivity contribution in [1.82, 2.24) is 4.68 Å². The van der Waals surface area contributed by atoms with E-state index in [4.69, 9.17) is 16.5 Å². The highest BCUT2D eigenvalue weighted by atomic mass is 15.3. The summed E-state index contributed by atoms with van der Waals surface area (Å²) in [5, 5.41) is 16.8. The summed E-state index contributed by atoms with van der Waals surface area (Å²) in [5.74, 6) is 5.65. The maximum Gasteiger partial charge on any atom is 0.161 e. The van der Waals surface area contributed by atoms with Gasteiger partial charge in [0.05, 0.1) is 5.56 Å². The van der Waals surface area contributed by atoms with Gasteiger partial charge in [-0.15, -0.1) is 0 Å². The van der Waals surface area contributed by atoms with Gasteiger partial charge in [-0.3, -0.25) is 10.1 Å². The van der Waals surface area contributed by atoms with E-state index in [2.05, 4.69) is 6.07 Å². The highest BCUT2D eigenvalue weighted by molar-refractivity contribution is 5.40. The van der Waals surface area contributed by atoms with Gasteiger partial charge in [0.1, 0.15) is 6.07 Å². The Labute approximate surface area is 88.4 Å². The van der Waals surface area contributed by atoms with Crippen LogP contribution in [0.2, 0.25) is 0 Å². The molecule has 0 fully saturated rings. The van der Waals surface area contributed by atoms with Crippen LogP contribution in [0.5, 0.6) is 0 Å². The van der Waals surface area contributed by atoms with Crippen molar-refractivity contribution in [2.24, 2.45) is 0 Å². The molecule has 1 heterocycles. The Morgan fingerprint density at radius 3 is 2.80 bits per heavy atom. The lowest BCUT2D eigenvalue weighted by Gasteiger charge is -2.10. The number of aromatic nitrogens is 1. The lowest BCUT2D eigenvalue weighted by molar-refractivity contribution is 0.711. The first-order valence-electron chi connectivity index (χ1n) is 5.21. The first-order valence-corrected chi connectivity index (χ1v) is 5.21. The Morgan fingerprint density at radius 2 is 2.07 bits per heavy atom. The number of rotatable bonds is 0. The molecule has 0 unspecified atom stereocenters. The molecule has 15 heavy (non-hydrogen) atoms. The SMILES string of the molecule is N#Cc1c2c(cn(N)c1=N)CCCCC2. The highest BCUT2D eigenvalue weighted by Crippen LogP contribution is 2.20. The molecule has 78 valence electrons. The molecule has 0 saturated carbocycles. The summed E-state index contributed by atoms with van der Waals surface area (Å²) in [4.78, 5) is 0. The topological polar surface area (TPSA) is 78.6 Å². The maximum absolute atomic E-state index is 9.05. The van der Waals surface area contributed by atoms with Crippen molar-refractivity contribution in [2.45, 2.75) is 32.1 Å². The van der Waals surface area contributed by atoms with Crippen LogP contribution in [0, 0.1) is 16.7 Å². The van der Waals surface area contributed by atoms with E-state index in [0.29, 0.717) is 5.56 Å². The van der Waals surface area contributed by atoms with Gasteiger partial charge in [-0.25, -0.2) is 0 Å². The van der Waals surface area contributed by atoms with Crippen molar-refractivity contribution in [2.75, 3.05) is 5.84 Å². The standard InChI is InChI=1S/C11H14N4/c12-6-10-9-5-3-1-2-4-8(9)7-15(14)11(10)13/h7,13H,1-5,14H2. The van der Waals surface area contributed by atoms with Gasteiger partial charge >= 0.3 is 0 Å². The molecule has 1 aromatic heterocycles. The third-order valence-corrected chi connectivity index (χ3v) is 2.96. The monoisotopic (exact) mass is 202 g/mol. The van der Waals surface area contributed by atoms with Gasteiger partial charge in [-0.05, 0) is 36.8 Å². The van der Waals surface area contributed by atoms with E-state index in [0.717, 1.165) is 36.8 Å². The van der Waals surface area contributed by atoms with Crippen LogP contribution in [0.15, 0.2) is 6.20 Å². The van der Waals surface area contributed by atoms with Crippen LogP contribution in [0.4, 0.5) is 0 Å². The molecule has 4 nitrogen and oxygen atoms in total. The molecular weight excluding hydrogens is 188 g/mol. The molecule has 1 aliphatic carbocycles. The van der Waals surface area contributed by atoms with Crippen LogP contribution < -0.4 is 11.3 Å². The van der Waals surface area contributed by atoms with E-state index >= 15 is 0 Å². The van der Waals surface area contributed by atoms with E-state index in [1.54, 1.807) is 6.20 Å². The van der Waals surface area contributed by atoms with Gasteiger partial charge in [0.25, 0.3) is 0 Å². The van der Waals surface area contributed by atoms with Crippen LogP contribution >= 0.6 is 0 Å². The minimum absolute atomic E-state index is 0.123. The minimum atomic E-state index is 0.123. The zero-order valence-electron chi connectivity index (χ0n) is 8.58. The lowest BCUT2D eigenvalue weighted by atomic mass is 10.0. The smallest absolute Gasteiger partial charge is 0.161 e. The first-order chi connectivity index (χ1) is 7.24. The molecule has 0 atom stereocenters. The highest BCUT2D eigenvalue weighted by Gasteiger charge is 2.14.